The number of benzene rings is 1. The molecule has 8 heteroatoms. The van der Waals surface area contributed by atoms with Crippen LogP contribution in [0.4, 0.5) is 5.69 Å². The van der Waals surface area contributed by atoms with Gasteiger partial charge in [0.05, 0.1) is 11.4 Å². The monoisotopic (exact) mass is 334 g/mol. The van der Waals surface area contributed by atoms with Crippen LogP contribution in [0.25, 0.3) is 0 Å². The van der Waals surface area contributed by atoms with E-state index in [9.17, 15) is 13.2 Å². The van der Waals surface area contributed by atoms with Crippen LogP contribution >= 0.6 is 0 Å². The number of aromatic nitrogens is 2. The van der Waals surface area contributed by atoms with Gasteiger partial charge in [0.25, 0.3) is 0 Å². The van der Waals surface area contributed by atoms with Gasteiger partial charge in [-0.15, -0.1) is 0 Å². The third kappa shape index (κ3) is 3.59. The lowest BCUT2D eigenvalue weighted by Crippen LogP contribution is -2.35. The first kappa shape index (κ1) is 15.7. The van der Waals surface area contributed by atoms with E-state index in [1.807, 2.05) is 0 Å². The number of piperidine rings is 1. The third-order valence-electron chi connectivity index (χ3n) is 3.77. The zero-order valence-electron chi connectivity index (χ0n) is 12.5. The van der Waals surface area contributed by atoms with Crippen molar-refractivity contribution in [3.8, 4) is 0 Å². The Hall–Kier alpha value is -2.19. The van der Waals surface area contributed by atoms with Gasteiger partial charge in [0.1, 0.15) is 5.82 Å². The first-order valence-corrected chi connectivity index (χ1v) is 8.93. The highest BCUT2D eigenvalue weighted by Gasteiger charge is 2.20. The van der Waals surface area contributed by atoms with Crippen LogP contribution in [-0.2, 0) is 21.4 Å². The van der Waals surface area contributed by atoms with Crippen LogP contribution in [0.3, 0.4) is 0 Å². The molecule has 1 aromatic heterocycles. The SMILES string of the molecule is O=C1CCCCN1c1ccc(S(=O)(=O)NCc2ncc[nH]2)cc1. The zero-order chi connectivity index (χ0) is 16.3. The highest BCUT2D eigenvalue weighted by atomic mass is 32.2. The molecule has 23 heavy (non-hydrogen) atoms. The van der Waals surface area contributed by atoms with Gasteiger partial charge in [-0.1, -0.05) is 0 Å². The first-order valence-electron chi connectivity index (χ1n) is 7.44. The molecule has 0 bridgehead atoms. The quantitative estimate of drug-likeness (QED) is 0.864. The fourth-order valence-electron chi connectivity index (χ4n) is 2.53. The normalized spacial score (nSPS) is 15.8. The second kappa shape index (κ2) is 6.51. The maximum absolute atomic E-state index is 12.2. The van der Waals surface area contributed by atoms with E-state index < -0.39 is 10.0 Å². The number of hydrogen-bond donors (Lipinski definition) is 2. The number of anilines is 1. The molecule has 3 rings (SSSR count). The smallest absolute Gasteiger partial charge is 0.240 e. The summed E-state index contributed by atoms with van der Waals surface area (Å²) < 4.78 is 27.0. The fraction of sp³-hybridized carbons (Fsp3) is 0.333. The molecule has 0 saturated carbocycles. The molecule has 0 unspecified atom stereocenters. The van der Waals surface area contributed by atoms with E-state index in [0.717, 1.165) is 18.5 Å². The molecule has 0 aliphatic carbocycles. The highest BCUT2D eigenvalue weighted by Crippen LogP contribution is 2.22. The lowest BCUT2D eigenvalue weighted by molar-refractivity contribution is -0.119. The molecule has 2 N–H and O–H groups in total. The van der Waals surface area contributed by atoms with Crippen molar-refractivity contribution >= 4 is 21.6 Å². The Morgan fingerprint density at radius 1 is 1.22 bits per heavy atom. The number of imidazole rings is 1. The fourth-order valence-corrected chi connectivity index (χ4v) is 3.51. The van der Waals surface area contributed by atoms with E-state index in [1.54, 1.807) is 29.4 Å². The lowest BCUT2D eigenvalue weighted by atomic mass is 10.1. The summed E-state index contributed by atoms with van der Waals surface area (Å²) in [6, 6.07) is 6.37. The molecule has 1 fully saturated rings. The predicted octanol–water partition coefficient (Wildman–Crippen LogP) is 1.41. The molecule has 0 radical (unpaired) electrons. The standard InChI is InChI=1S/C15H18N4O3S/c20-15-3-1-2-10-19(15)12-4-6-13(7-5-12)23(21,22)18-11-14-16-8-9-17-14/h4-9,18H,1-3,10-11H2,(H,16,17). The van der Waals surface area contributed by atoms with E-state index in [4.69, 9.17) is 0 Å². The van der Waals surface area contributed by atoms with Gasteiger partial charge in [-0.05, 0) is 37.1 Å². The van der Waals surface area contributed by atoms with Crippen molar-refractivity contribution < 1.29 is 13.2 Å². The molecule has 2 aromatic rings. The summed E-state index contributed by atoms with van der Waals surface area (Å²) in [7, 11) is -3.61. The number of aromatic amines is 1. The molecule has 1 saturated heterocycles. The molecule has 122 valence electrons. The Balaban J connectivity index is 1.71. The van der Waals surface area contributed by atoms with Gasteiger partial charge in [0.2, 0.25) is 15.9 Å². The molecule has 1 amide bonds. The van der Waals surface area contributed by atoms with Crippen molar-refractivity contribution in [2.24, 2.45) is 0 Å². The summed E-state index contributed by atoms with van der Waals surface area (Å²) in [4.78, 5) is 20.6. The molecule has 1 aromatic carbocycles. The van der Waals surface area contributed by atoms with E-state index in [0.29, 0.717) is 18.8 Å². The van der Waals surface area contributed by atoms with Crippen LogP contribution < -0.4 is 9.62 Å². The number of amides is 1. The van der Waals surface area contributed by atoms with E-state index in [-0.39, 0.29) is 17.3 Å². The summed E-state index contributed by atoms with van der Waals surface area (Å²) >= 11 is 0. The molecular formula is C15H18N4O3S. The van der Waals surface area contributed by atoms with E-state index in [1.165, 1.54) is 12.1 Å². The van der Waals surface area contributed by atoms with E-state index in [2.05, 4.69) is 14.7 Å². The average Bonchev–Trinajstić information content (AvgIpc) is 3.07. The van der Waals surface area contributed by atoms with Gasteiger partial charge < -0.3 is 9.88 Å². The van der Waals surface area contributed by atoms with E-state index >= 15 is 0 Å². The van der Waals surface area contributed by atoms with Crippen LogP contribution in [0.15, 0.2) is 41.6 Å². The van der Waals surface area contributed by atoms with Crippen molar-refractivity contribution in [1.29, 1.82) is 0 Å². The molecule has 7 nitrogen and oxygen atoms in total. The summed E-state index contributed by atoms with van der Waals surface area (Å²) in [5.41, 5.74) is 0.736. The number of nitrogens with zero attached hydrogens (tertiary/aromatic N) is 2. The van der Waals surface area contributed by atoms with Crippen LogP contribution in [0, 0.1) is 0 Å². The van der Waals surface area contributed by atoms with Crippen molar-refractivity contribution in [3.63, 3.8) is 0 Å². The average molecular weight is 334 g/mol. The Kier molecular flexibility index (Phi) is 4.44. The Bertz CT molecular complexity index is 770. The largest absolute Gasteiger partial charge is 0.347 e. The number of nitrogens with one attached hydrogen (secondary N) is 2. The Morgan fingerprint density at radius 2 is 2.00 bits per heavy atom. The minimum Gasteiger partial charge on any atom is -0.347 e. The second-order valence-corrected chi connectivity index (χ2v) is 7.12. The third-order valence-corrected chi connectivity index (χ3v) is 5.18. The number of carbonyl (C=O) groups is 1. The molecule has 0 atom stereocenters. The maximum Gasteiger partial charge on any atom is 0.240 e. The van der Waals surface area contributed by atoms with Crippen molar-refractivity contribution in [2.45, 2.75) is 30.7 Å². The summed E-state index contributed by atoms with van der Waals surface area (Å²) in [5, 5.41) is 0. The van der Waals surface area contributed by atoms with Gasteiger partial charge >= 0.3 is 0 Å². The summed E-state index contributed by atoms with van der Waals surface area (Å²) in [5.74, 6) is 0.631. The number of carbonyl (C=O) groups excluding carboxylic acids is 1. The second-order valence-electron chi connectivity index (χ2n) is 5.36. The Labute approximate surface area is 134 Å². The zero-order valence-corrected chi connectivity index (χ0v) is 13.3. The molecule has 1 aliphatic rings. The topological polar surface area (TPSA) is 95.2 Å². The van der Waals surface area contributed by atoms with Gasteiger partial charge in [0, 0.05) is 31.0 Å². The first-order chi connectivity index (χ1) is 11.1. The maximum atomic E-state index is 12.2. The molecule has 0 spiro atoms. The summed E-state index contributed by atoms with van der Waals surface area (Å²) in [6.07, 6.45) is 5.63. The van der Waals surface area contributed by atoms with Crippen LogP contribution in [0.1, 0.15) is 25.1 Å². The van der Waals surface area contributed by atoms with Gasteiger partial charge in [-0.25, -0.2) is 18.1 Å². The Morgan fingerprint density at radius 3 is 2.65 bits per heavy atom. The van der Waals surface area contributed by atoms with Gasteiger partial charge in [-0.2, -0.15) is 0 Å². The number of sulfonamides is 1. The van der Waals surface area contributed by atoms with Crippen LogP contribution in [0.5, 0.6) is 0 Å². The predicted molar refractivity (Wildman–Crippen MR) is 85.3 cm³/mol. The molecular weight excluding hydrogens is 316 g/mol. The summed E-state index contributed by atoms with van der Waals surface area (Å²) in [6.45, 7) is 0.781. The van der Waals surface area contributed by atoms with Crippen molar-refractivity contribution in [1.82, 2.24) is 14.7 Å². The van der Waals surface area contributed by atoms with Crippen LogP contribution in [0.2, 0.25) is 0 Å². The number of hydrogen-bond acceptors (Lipinski definition) is 4. The highest BCUT2D eigenvalue weighted by molar-refractivity contribution is 7.89. The van der Waals surface area contributed by atoms with Crippen molar-refractivity contribution in [2.75, 3.05) is 11.4 Å². The molecule has 2 heterocycles. The van der Waals surface area contributed by atoms with Crippen LogP contribution in [-0.4, -0.2) is 30.8 Å². The minimum absolute atomic E-state index is 0.0859. The molecule has 1 aliphatic heterocycles. The number of rotatable bonds is 5. The lowest BCUT2D eigenvalue weighted by Gasteiger charge is -2.26. The minimum atomic E-state index is -3.61. The van der Waals surface area contributed by atoms with Crippen molar-refractivity contribution in [3.05, 3.63) is 42.5 Å². The van der Waals surface area contributed by atoms with Gasteiger partial charge in [-0.3, -0.25) is 4.79 Å². The van der Waals surface area contributed by atoms with Gasteiger partial charge in [0.15, 0.2) is 0 Å². The number of H-pyrrole nitrogens is 1.